The van der Waals surface area contributed by atoms with E-state index >= 15 is 0 Å². The number of hydrogen-bond acceptors (Lipinski definition) is 3. The lowest BCUT2D eigenvalue weighted by Crippen LogP contribution is -2.62. The largest absolute Gasteiger partial charge is 0.353 e. The minimum atomic E-state index is 0.0800. The van der Waals surface area contributed by atoms with E-state index in [9.17, 15) is 4.79 Å². The number of amides is 1. The van der Waals surface area contributed by atoms with Crippen molar-refractivity contribution in [3.05, 3.63) is 22.4 Å². The smallest absolute Gasteiger partial charge is 0.220 e. The van der Waals surface area contributed by atoms with Crippen molar-refractivity contribution >= 4 is 17.2 Å². The maximum atomic E-state index is 12.1. The number of aryl methyl sites for hydroxylation is 1. The van der Waals surface area contributed by atoms with E-state index in [1.807, 2.05) is 0 Å². The van der Waals surface area contributed by atoms with Gasteiger partial charge in [-0.1, -0.05) is 6.07 Å². The van der Waals surface area contributed by atoms with Gasteiger partial charge < -0.3 is 10.6 Å². The van der Waals surface area contributed by atoms with Gasteiger partial charge in [-0.05, 0) is 64.8 Å². The van der Waals surface area contributed by atoms with Crippen LogP contribution in [0.1, 0.15) is 58.3 Å². The van der Waals surface area contributed by atoms with Crippen molar-refractivity contribution in [1.29, 1.82) is 0 Å². The molecule has 0 spiro atoms. The SMILES string of the molecule is CC1(C)CC(NC(=O)CCCc2cccs2)CC(C)(C)N1. The third kappa shape index (κ3) is 5.44. The zero-order valence-electron chi connectivity index (χ0n) is 13.7. The van der Waals surface area contributed by atoms with Crippen molar-refractivity contribution in [2.24, 2.45) is 0 Å². The molecule has 1 aromatic heterocycles. The van der Waals surface area contributed by atoms with E-state index in [0.29, 0.717) is 6.42 Å². The van der Waals surface area contributed by atoms with Crippen molar-refractivity contribution < 1.29 is 4.79 Å². The Bertz CT molecular complexity index is 449. The van der Waals surface area contributed by atoms with E-state index in [4.69, 9.17) is 0 Å². The molecule has 118 valence electrons. The maximum absolute atomic E-state index is 12.1. The first-order valence-electron chi connectivity index (χ1n) is 7.87. The van der Waals surface area contributed by atoms with Gasteiger partial charge in [-0.3, -0.25) is 4.79 Å². The predicted molar refractivity (Wildman–Crippen MR) is 89.7 cm³/mol. The number of carbonyl (C=O) groups excluding carboxylic acids is 1. The molecule has 2 heterocycles. The number of piperidine rings is 1. The number of thiophene rings is 1. The summed E-state index contributed by atoms with van der Waals surface area (Å²) in [7, 11) is 0. The molecule has 1 amide bonds. The molecule has 1 fully saturated rings. The van der Waals surface area contributed by atoms with Crippen LogP contribution >= 0.6 is 11.3 Å². The Morgan fingerprint density at radius 3 is 2.57 bits per heavy atom. The van der Waals surface area contributed by atoms with Crippen molar-refractivity contribution in [3.63, 3.8) is 0 Å². The normalized spacial score (nSPS) is 21.1. The van der Waals surface area contributed by atoms with Gasteiger partial charge in [-0.25, -0.2) is 0 Å². The van der Waals surface area contributed by atoms with Gasteiger partial charge >= 0.3 is 0 Å². The van der Waals surface area contributed by atoms with E-state index in [-0.39, 0.29) is 23.0 Å². The Labute approximate surface area is 132 Å². The van der Waals surface area contributed by atoms with Gasteiger partial charge in [0.15, 0.2) is 0 Å². The molecule has 21 heavy (non-hydrogen) atoms. The lowest BCUT2D eigenvalue weighted by atomic mass is 9.79. The first kappa shape index (κ1) is 16.5. The van der Waals surface area contributed by atoms with Crippen LogP contribution in [0.3, 0.4) is 0 Å². The molecule has 0 aromatic carbocycles. The summed E-state index contributed by atoms with van der Waals surface area (Å²) in [6.07, 6.45) is 4.56. The highest BCUT2D eigenvalue weighted by atomic mass is 32.1. The monoisotopic (exact) mass is 308 g/mol. The molecule has 0 radical (unpaired) electrons. The Morgan fingerprint density at radius 2 is 2.00 bits per heavy atom. The highest BCUT2D eigenvalue weighted by Crippen LogP contribution is 2.28. The fraction of sp³-hybridized carbons (Fsp3) is 0.706. The quantitative estimate of drug-likeness (QED) is 0.874. The Morgan fingerprint density at radius 1 is 1.33 bits per heavy atom. The molecule has 2 N–H and O–H groups in total. The van der Waals surface area contributed by atoms with Crippen LogP contribution in [0.5, 0.6) is 0 Å². The molecule has 1 aliphatic heterocycles. The van der Waals surface area contributed by atoms with Crippen LogP contribution in [0.4, 0.5) is 0 Å². The number of hydrogen-bond donors (Lipinski definition) is 2. The standard InChI is InChI=1S/C17H28N2OS/c1-16(2)11-13(12-17(3,4)19-16)18-15(20)9-5-7-14-8-6-10-21-14/h6,8,10,13,19H,5,7,9,11-12H2,1-4H3,(H,18,20). The third-order valence-corrected chi connectivity index (χ3v) is 4.90. The molecular formula is C17H28N2OS. The van der Waals surface area contributed by atoms with Crippen LogP contribution in [0, 0.1) is 0 Å². The van der Waals surface area contributed by atoms with Crippen LogP contribution in [0.2, 0.25) is 0 Å². The molecule has 1 aliphatic rings. The van der Waals surface area contributed by atoms with Crippen molar-refractivity contribution in [2.75, 3.05) is 0 Å². The van der Waals surface area contributed by atoms with E-state index in [1.165, 1.54) is 4.88 Å². The van der Waals surface area contributed by atoms with Gasteiger partial charge in [0.25, 0.3) is 0 Å². The Balaban J connectivity index is 1.76. The molecular weight excluding hydrogens is 280 g/mol. The average Bonchev–Trinajstić information content (AvgIpc) is 2.77. The Kier molecular flexibility index (Phi) is 5.10. The molecule has 0 atom stereocenters. The summed E-state index contributed by atoms with van der Waals surface area (Å²) < 4.78 is 0. The zero-order valence-corrected chi connectivity index (χ0v) is 14.5. The van der Waals surface area contributed by atoms with Gasteiger partial charge in [-0.2, -0.15) is 0 Å². The second kappa shape index (κ2) is 6.49. The van der Waals surface area contributed by atoms with Gasteiger partial charge in [0.1, 0.15) is 0 Å². The van der Waals surface area contributed by atoms with Crippen molar-refractivity contribution in [2.45, 2.75) is 76.9 Å². The maximum Gasteiger partial charge on any atom is 0.220 e. The van der Waals surface area contributed by atoms with Crippen LogP contribution in [-0.4, -0.2) is 23.0 Å². The van der Waals surface area contributed by atoms with Crippen molar-refractivity contribution in [1.82, 2.24) is 10.6 Å². The van der Waals surface area contributed by atoms with Crippen LogP contribution < -0.4 is 10.6 Å². The van der Waals surface area contributed by atoms with Gasteiger partial charge in [0, 0.05) is 28.4 Å². The summed E-state index contributed by atoms with van der Waals surface area (Å²) in [6.45, 7) is 8.85. The lowest BCUT2D eigenvalue weighted by molar-refractivity contribution is -0.122. The molecule has 0 bridgehead atoms. The number of nitrogens with one attached hydrogen (secondary N) is 2. The topological polar surface area (TPSA) is 41.1 Å². The molecule has 0 aliphatic carbocycles. The molecule has 1 aromatic rings. The summed E-state index contributed by atoms with van der Waals surface area (Å²) >= 11 is 1.77. The zero-order chi connectivity index (χ0) is 15.5. The molecule has 3 nitrogen and oxygen atoms in total. The lowest BCUT2D eigenvalue weighted by Gasteiger charge is -2.46. The second-order valence-electron chi connectivity index (χ2n) is 7.50. The summed E-state index contributed by atoms with van der Waals surface area (Å²) in [5.74, 6) is 0.199. The third-order valence-electron chi connectivity index (χ3n) is 3.96. The summed E-state index contributed by atoms with van der Waals surface area (Å²) in [6, 6.07) is 4.49. The van der Waals surface area contributed by atoms with E-state index in [2.05, 4.69) is 55.8 Å². The predicted octanol–water partition coefficient (Wildman–Crippen LogP) is 3.50. The van der Waals surface area contributed by atoms with E-state index < -0.39 is 0 Å². The Hall–Kier alpha value is -0.870. The highest BCUT2D eigenvalue weighted by molar-refractivity contribution is 7.09. The summed E-state index contributed by atoms with van der Waals surface area (Å²) in [4.78, 5) is 13.5. The van der Waals surface area contributed by atoms with E-state index in [1.54, 1.807) is 11.3 Å². The molecule has 1 saturated heterocycles. The fourth-order valence-corrected chi connectivity index (χ4v) is 4.35. The molecule has 2 rings (SSSR count). The first-order chi connectivity index (χ1) is 9.76. The minimum Gasteiger partial charge on any atom is -0.353 e. The van der Waals surface area contributed by atoms with Crippen LogP contribution in [0.15, 0.2) is 17.5 Å². The summed E-state index contributed by atoms with van der Waals surface area (Å²) in [5.41, 5.74) is 0.160. The fourth-order valence-electron chi connectivity index (χ4n) is 3.60. The summed E-state index contributed by atoms with van der Waals surface area (Å²) in [5, 5.41) is 8.97. The van der Waals surface area contributed by atoms with Crippen LogP contribution in [0.25, 0.3) is 0 Å². The van der Waals surface area contributed by atoms with Gasteiger partial charge in [0.05, 0.1) is 0 Å². The van der Waals surface area contributed by atoms with Gasteiger partial charge in [-0.15, -0.1) is 11.3 Å². The first-order valence-corrected chi connectivity index (χ1v) is 8.75. The molecule has 0 unspecified atom stereocenters. The second-order valence-corrected chi connectivity index (χ2v) is 8.53. The minimum absolute atomic E-state index is 0.0800. The number of carbonyl (C=O) groups is 1. The molecule has 0 saturated carbocycles. The average molecular weight is 308 g/mol. The molecule has 4 heteroatoms. The highest BCUT2D eigenvalue weighted by Gasteiger charge is 2.37. The van der Waals surface area contributed by atoms with Crippen LogP contribution in [-0.2, 0) is 11.2 Å². The van der Waals surface area contributed by atoms with Gasteiger partial charge in [0.2, 0.25) is 5.91 Å². The van der Waals surface area contributed by atoms with Crippen molar-refractivity contribution in [3.8, 4) is 0 Å². The van der Waals surface area contributed by atoms with E-state index in [0.717, 1.165) is 25.7 Å². The number of rotatable bonds is 5.